The van der Waals surface area contributed by atoms with E-state index in [2.05, 4.69) is 0 Å². The summed E-state index contributed by atoms with van der Waals surface area (Å²) >= 11 is 0. The van der Waals surface area contributed by atoms with Gasteiger partial charge in [0.15, 0.2) is 0 Å². The van der Waals surface area contributed by atoms with Crippen molar-refractivity contribution in [1.29, 1.82) is 0 Å². The summed E-state index contributed by atoms with van der Waals surface area (Å²) in [5.41, 5.74) is 0. The highest BCUT2D eigenvalue weighted by Gasteiger charge is 2.06. The van der Waals surface area contributed by atoms with Gasteiger partial charge in [0.2, 0.25) is 0 Å². The molecule has 0 aromatic rings. The highest BCUT2D eigenvalue weighted by Crippen LogP contribution is 1.96. The molecule has 0 saturated carbocycles. The fraction of sp³-hybridized carbons (Fsp3) is 1.00. The smallest absolute Gasteiger partial charge is 0.150 e. The van der Waals surface area contributed by atoms with E-state index < -0.39 is 9.84 Å². The van der Waals surface area contributed by atoms with Crippen LogP contribution in [0.5, 0.6) is 0 Å². The molecular formula is C8H18O3S. The van der Waals surface area contributed by atoms with E-state index in [-0.39, 0.29) is 17.6 Å². The molecule has 0 amide bonds. The summed E-state index contributed by atoms with van der Waals surface area (Å²) in [5.74, 6) is 0.477. The first-order valence-corrected chi connectivity index (χ1v) is 6.12. The van der Waals surface area contributed by atoms with Crippen LogP contribution in [0.3, 0.4) is 0 Å². The lowest BCUT2D eigenvalue weighted by molar-refractivity contribution is 0.0797. The van der Waals surface area contributed by atoms with Crippen LogP contribution in [-0.2, 0) is 14.6 Å². The van der Waals surface area contributed by atoms with Gasteiger partial charge in [0.1, 0.15) is 9.84 Å². The molecule has 0 aliphatic carbocycles. The van der Waals surface area contributed by atoms with Crippen molar-refractivity contribution in [3.8, 4) is 0 Å². The van der Waals surface area contributed by atoms with Crippen LogP contribution in [0.2, 0.25) is 0 Å². The second-order valence-electron chi connectivity index (χ2n) is 3.01. The number of hydrogen-bond acceptors (Lipinski definition) is 3. The van der Waals surface area contributed by atoms with E-state index in [1.807, 2.05) is 13.8 Å². The van der Waals surface area contributed by atoms with Crippen molar-refractivity contribution < 1.29 is 13.2 Å². The Balaban J connectivity index is 3.45. The Morgan fingerprint density at radius 3 is 2.33 bits per heavy atom. The van der Waals surface area contributed by atoms with Gasteiger partial charge in [-0.3, -0.25) is 0 Å². The van der Waals surface area contributed by atoms with Crippen molar-refractivity contribution in [2.45, 2.75) is 33.3 Å². The summed E-state index contributed by atoms with van der Waals surface area (Å²) in [7, 11) is -2.80. The van der Waals surface area contributed by atoms with Crippen molar-refractivity contribution in [3.63, 3.8) is 0 Å². The van der Waals surface area contributed by atoms with Gasteiger partial charge in [-0.15, -0.1) is 0 Å². The normalized spacial score (nSPS) is 12.3. The Kier molecular flexibility index (Phi) is 5.50. The molecule has 0 aromatic heterocycles. The third-order valence-electron chi connectivity index (χ3n) is 1.49. The van der Waals surface area contributed by atoms with Gasteiger partial charge < -0.3 is 4.74 Å². The highest BCUT2D eigenvalue weighted by atomic mass is 32.2. The average Bonchev–Trinajstić information content (AvgIpc) is 1.98. The third-order valence-corrected chi connectivity index (χ3v) is 3.28. The molecule has 0 radical (unpaired) electrons. The van der Waals surface area contributed by atoms with Crippen molar-refractivity contribution in [3.05, 3.63) is 0 Å². The van der Waals surface area contributed by atoms with Gasteiger partial charge in [0, 0.05) is 12.4 Å². The zero-order chi connectivity index (χ0) is 9.61. The van der Waals surface area contributed by atoms with Gasteiger partial charge in [0.25, 0.3) is 0 Å². The second kappa shape index (κ2) is 5.54. The maximum absolute atomic E-state index is 11.0. The van der Waals surface area contributed by atoms with E-state index in [4.69, 9.17) is 4.74 Å². The third kappa shape index (κ3) is 6.61. The second-order valence-corrected chi connectivity index (χ2v) is 5.48. The Hall–Kier alpha value is -0.0900. The number of hydrogen-bond donors (Lipinski definition) is 0. The van der Waals surface area contributed by atoms with Crippen molar-refractivity contribution >= 4 is 9.84 Å². The van der Waals surface area contributed by atoms with Gasteiger partial charge >= 0.3 is 0 Å². The fourth-order valence-corrected chi connectivity index (χ4v) is 1.59. The molecule has 0 unspecified atom stereocenters. The minimum absolute atomic E-state index is 0.189. The molecule has 0 atom stereocenters. The molecule has 3 nitrogen and oxygen atoms in total. The van der Waals surface area contributed by atoms with Gasteiger partial charge in [-0.05, 0) is 20.3 Å². The first-order chi connectivity index (χ1) is 5.48. The minimum Gasteiger partial charge on any atom is -0.379 e. The molecule has 0 saturated heterocycles. The zero-order valence-electron chi connectivity index (χ0n) is 8.04. The van der Waals surface area contributed by atoms with Crippen molar-refractivity contribution in [1.82, 2.24) is 0 Å². The molecule has 0 rings (SSSR count). The van der Waals surface area contributed by atoms with Gasteiger partial charge in [0.05, 0.1) is 11.9 Å². The van der Waals surface area contributed by atoms with Crippen LogP contribution < -0.4 is 0 Å². The van der Waals surface area contributed by atoms with Crippen LogP contribution in [0.1, 0.15) is 27.2 Å². The Morgan fingerprint density at radius 2 is 1.92 bits per heavy atom. The summed E-state index contributed by atoms with van der Waals surface area (Å²) in [4.78, 5) is 0. The molecule has 0 fully saturated rings. The lowest BCUT2D eigenvalue weighted by Gasteiger charge is -2.06. The van der Waals surface area contributed by atoms with Gasteiger partial charge in [-0.2, -0.15) is 0 Å². The van der Waals surface area contributed by atoms with E-state index in [1.165, 1.54) is 0 Å². The molecule has 0 spiro atoms. The van der Waals surface area contributed by atoms with Crippen LogP contribution in [0, 0.1) is 0 Å². The molecule has 0 heterocycles. The largest absolute Gasteiger partial charge is 0.379 e. The maximum atomic E-state index is 11.0. The van der Waals surface area contributed by atoms with E-state index in [0.29, 0.717) is 13.0 Å². The quantitative estimate of drug-likeness (QED) is 0.597. The van der Waals surface area contributed by atoms with E-state index in [9.17, 15) is 8.42 Å². The Morgan fingerprint density at radius 1 is 1.33 bits per heavy atom. The Bertz CT molecular complexity index is 194. The summed E-state index contributed by atoms with van der Waals surface area (Å²) in [6, 6.07) is 0. The molecule has 4 heteroatoms. The molecule has 0 bridgehead atoms. The number of sulfone groups is 1. The molecule has 0 aromatic carbocycles. The van der Waals surface area contributed by atoms with Crippen molar-refractivity contribution in [2.24, 2.45) is 0 Å². The Labute approximate surface area is 75.0 Å². The standard InChI is InChI=1S/C8H18O3S/c1-4-12(9,10)7-5-6-11-8(2)3/h8H,4-7H2,1-3H3. The summed E-state index contributed by atoms with van der Waals surface area (Å²) < 4.78 is 27.2. The lowest BCUT2D eigenvalue weighted by atomic mass is 10.4. The highest BCUT2D eigenvalue weighted by molar-refractivity contribution is 7.91. The topological polar surface area (TPSA) is 43.4 Å². The first-order valence-electron chi connectivity index (χ1n) is 4.30. The monoisotopic (exact) mass is 194 g/mol. The fourth-order valence-electron chi connectivity index (χ4n) is 0.742. The van der Waals surface area contributed by atoms with Gasteiger partial charge in [-0.1, -0.05) is 6.92 Å². The SMILES string of the molecule is CCS(=O)(=O)CCCOC(C)C. The molecule has 0 aliphatic heterocycles. The predicted molar refractivity (Wildman–Crippen MR) is 50.0 cm³/mol. The maximum Gasteiger partial charge on any atom is 0.150 e. The molecule has 74 valence electrons. The number of ether oxygens (including phenoxy) is 1. The summed E-state index contributed by atoms with van der Waals surface area (Å²) in [6.07, 6.45) is 0.795. The van der Waals surface area contributed by atoms with Crippen LogP contribution in [-0.4, -0.2) is 32.6 Å². The number of rotatable bonds is 6. The zero-order valence-corrected chi connectivity index (χ0v) is 8.86. The van der Waals surface area contributed by atoms with Crippen molar-refractivity contribution in [2.75, 3.05) is 18.1 Å². The predicted octanol–water partition coefficient (Wildman–Crippen LogP) is 1.24. The van der Waals surface area contributed by atoms with Gasteiger partial charge in [-0.25, -0.2) is 8.42 Å². The minimum atomic E-state index is -2.80. The molecule has 0 N–H and O–H groups in total. The molecular weight excluding hydrogens is 176 g/mol. The average molecular weight is 194 g/mol. The van der Waals surface area contributed by atoms with Crippen LogP contribution in [0.4, 0.5) is 0 Å². The summed E-state index contributed by atoms with van der Waals surface area (Å²) in [6.45, 7) is 6.08. The van der Waals surface area contributed by atoms with Crippen LogP contribution in [0.25, 0.3) is 0 Å². The molecule has 12 heavy (non-hydrogen) atoms. The van der Waals surface area contributed by atoms with E-state index in [1.54, 1.807) is 6.92 Å². The van der Waals surface area contributed by atoms with E-state index in [0.717, 1.165) is 0 Å². The van der Waals surface area contributed by atoms with E-state index >= 15 is 0 Å². The van der Waals surface area contributed by atoms with Crippen LogP contribution >= 0.6 is 0 Å². The first kappa shape index (κ1) is 11.9. The van der Waals surface area contributed by atoms with Crippen LogP contribution in [0.15, 0.2) is 0 Å². The molecule has 0 aliphatic rings. The summed E-state index contributed by atoms with van der Waals surface area (Å²) in [5, 5.41) is 0. The lowest BCUT2D eigenvalue weighted by Crippen LogP contribution is -2.12.